The van der Waals surface area contributed by atoms with Gasteiger partial charge in [-0.25, -0.2) is 4.39 Å². The van der Waals surface area contributed by atoms with E-state index in [2.05, 4.69) is 22.7 Å². The smallest absolute Gasteiger partial charge is 0.279 e. The lowest BCUT2D eigenvalue weighted by Crippen LogP contribution is -2.47. The highest BCUT2D eigenvalue weighted by Gasteiger charge is 2.17. The molecule has 2 amide bonds. The number of hydrogen-bond donors (Lipinski definition) is 2. The summed E-state index contributed by atoms with van der Waals surface area (Å²) in [6.07, 6.45) is -1.00. The van der Waals surface area contributed by atoms with Crippen LogP contribution in [-0.2, 0) is 4.79 Å². The number of benzene rings is 3. The normalized spacial score (nSPS) is 10.9. The third kappa shape index (κ3) is 5.69. The van der Waals surface area contributed by atoms with Crippen molar-refractivity contribution in [3.8, 4) is 17.6 Å². The average Bonchev–Trinajstić information content (AvgIpc) is 2.78. The Morgan fingerprint density at radius 1 is 0.833 bits per heavy atom. The van der Waals surface area contributed by atoms with E-state index in [-0.39, 0.29) is 5.75 Å². The van der Waals surface area contributed by atoms with Crippen molar-refractivity contribution >= 4 is 11.8 Å². The lowest BCUT2D eigenvalue weighted by atomic mass is 10.1. The summed E-state index contributed by atoms with van der Waals surface area (Å²) in [5.74, 6) is 4.33. The molecule has 0 saturated heterocycles. The van der Waals surface area contributed by atoms with Crippen molar-refractivity contribution in [1.29, 1.82) is 0 Å². The number of ether oxygens (including phenoxy) is 1. The number of para-hydroxylation sites is 1. The summed E-state index contributed by atoms with van der Waals surface area (Å²) in [7, 11) is 0. The third-order valence-electron chi connectivity index (χ3n) is 4.08. The summed E-state index contributed by atoms with van der Waals surface area (Å²) in [4.78, 5) is 24.3. The third-order valence-corrected chi connectivity index (χ3v) is 4.08. The van der Waals surface area contributed by atoms with Crippen LogP contribution in [0.3, 0.4) is 0 Å². The first-order valence-corrected chi connectivity index (χ1v) is 9.21. The number of carbonyl (C=O) groups is 2. The Labute approximate surface area is 173 Å². The van der Waals surface area contributed by atoms with Crippen LogP contribution < -0.4 is 15.6 Å². The zero-order valence-corrected chi connectivity index (χ0v) is 16.2. The summed E-state index contributed by atoms with van der Waals surface area (Å²) in [6, 6.07) is 22.0. The molecule has 0 radical (unpaired) electrons. The maximum Gasteiger partial charge on any atom is 0.279 e. The van der Waals surface area contributed by atoms with Gasteiger partial charge in [-0.1, -0.05) is 42.2 Å². The van der Waals surface area contributed by atoms with Crippen LogP contribution in [0.1, 0.15) is 28.4 Å². The summed E-state index contributed by atoms with van der Waals surface area (Å²) < 4.78 is 18.9. The molecule has 0 fully saturated rings. The Morgan fingerprint density at radius 3 is 2.10 bits per heavy atom. The Bertz CT molecular complexity index is 1090. The van der Waals surface area contributed by atoms with Gasteiger partial charge in [0.2, 0.25) is 0 Å². The van der Waals surface area contributed by atoms with Crippen LogP contribution in [0, 0.1) is 17.7 Å². The molecule has 0 bridgehead atoms. The summed E-state index contributed by atoms with van der Waals surface area (Å²) in [5, 5.41) is 0. The molecule has 0 saturated carbocycles. The van der Waals surface area contributed by atoms with Crippen LogP contribution >= 0.6 is 0 Å². The van der Waals surface area contributed by atoms with Gasteiger partial charge in [0, 0.05) is 16.7 Å². The minimum Gasteiger partial charge on any atom is -0.478 e. The average molecular weight is 402 g/mol. The number of halogens is 1. The molecule has 1 atom stereocenters. The van der Waals surface area contributed by atoms with Crippen LogP contribution in [0.25, 0.3) is 0 Å². The molecule has 30 heavy (non-hydrogen) atoms. The van der Waals surface area contributed by atoms with Crippen molar-refractivity contribution < 1.29 is 18.7 Å². The van der Waals surface area contributed by atoms with Gasteiger partial charge in [-0.3, -0.25) is 20.4 Å². The predicted octanol–water partition coefficient (Wildman–Crippen LogP) is 3.45. The van der Waals surface area contributed by atoms with E-state index in [1.54, 1.807) is 30.3 Å². The lowest BCUT2D eigenvalue weighted by molar-refractivity contribution is -0.128. The Kier molecular flexibility index (Phi) is 6.80. The highest BCUT2D eigenvalue weighted by molar-refractivity contribution is 5.95. The van der Waals surface area contributed by atoms with Crippen LogP contribution in [0.2, 0.25) is 0 Å². The van der Waals surface area contributed by atoms with E-state index >= 15 is 0 Å². The molecule has 3 rings (SSSR count). The molecular formula is C24H19FN2O3. The van der Waals surface area contributed by atoms with Gasteiger partial charge in [-0.05, 0) is 55.5 Å². The number of amides is 2. The second kappa shape index (κ2) is 9.89. The molecule has 0 aromatic heterocycles. The Balaban J connectivity index is 1.52. The van der Waals surface area contributed by atoms with E-state index in [0.717, 1.165) is 11.1 Å². The molecule has 0 aliphatic rings. The van der Waals surface area contributed by atoms with Gasteiger partial charge in [0.05, 0.1) is 0 Å². The van der Waals surface area contributed by atoms with E-state index in [4.69, 9.17) is 4.74 Å². The van der Waals surface area contributed by atoms with Crippen molar-refractivity contribution in [1.82, 2.24) is 10.9 Å². The quantitative estimate of drug-likeness (QED) is 0.519. The second-order valence-electron chi connectivity index (χ2n) is 6.33. The van der Waals surface area contributed by atoms with Gasteiger partial charge in [-0.15, -0.1) is 0 Å². The van der Waals surface area contributed by atoms with E-state index in [1.807, 2.05) is 30.3 Å². The van der Waals surface area contributed by atoms with Crippen LogP contribution in [0.4, 0.5) is 4.39 Å². The number of rotatable bonds is 4. The second-order valence-corrected chi connectivity index (χ2v) is 6.33. The fourth-order valence-corrected chi connectivity index (χ4v) is 2.45. The SMILES string of the molecule is CC(Oc1ccccc1F)C(=O)NNC(=O)c1ccc(C#Cc2ccccc2)cc1. The molecule has 0 aliphatic heterocycles. The first kappa shape index (κ1) is 20.6. The minimum atomic E-state index is -1.00. The zero-order valence-electron chi connectivity index (χ0n) is 16.2. The van der Waals surface area contributed by atoms with E-state index < -0.39 is 23.7 Å². The van der Waals surface area contributed by atoms with Crippen LogP contribution in [0.15, 0.2) is 78.9 Å². The fourth-order valence-electron chi connectivity index (χ4n) is 2.45. The van der Waals surface area contributed by atoms with E-state index in [9.17, 15) is 14.0 Å². The summed E-state index contributed by atoms with van der Waals surface area (Å²) in [6.45, 7) is 1.45. The topological polar surface area (TPSA) is 67.4 Å². The molecule has 3 aromatic carbocycles. The van der Waals surface area contributed by atoms with E-state index in [1.165, 1.54) is 25.1 Å². The highest BCUT2D eigenvalue weighted by Crippen LogP contribution is 2.16. The van der Waals surface area contributed by atoms with Crippen molar-refractivity contribution in [2.24, 2.45) is 0 Å². The molecule has 0 spiro atoms. The number of nitrogens with one attached hydrogen (secondary N) is 2. The largest absolute Gasteiger partial charge is 0.478 e. The Hall–Kier alpha value is -4.11. The van der Waals surface area contributed by atoms with Gasteiger partial charge < -0.3 is 4.74 Å². The first-order chi connectivity index (χ1) is 14.5. The molecule has 5 nitrogen and oxygen atoms in total. The molecule has 1 unspecified atom stereocenters. The van der Waals surface area contributed by atoms with Gasteiger partial charge in [0.1, 0.15) is 0 Å². The predicted molar refractivity (Wildman–Crippen MR) is 111 cm³/mol. The van der Waals surface area contributed by atoms with Crippen molar-refractivity contribution in [2.45, 2.75) is 13.0 Å². The van der Waals surface area contributed by atoms with Gasteiger partial charge in [0.15, 0.2) is 17.7 Å². The molecule has 150 valence electrons. The van der Waals surface area contributed by atoms with Crippen molar-refractivity contribution in [3.63, 3.8) is 0 Å². The maximum absolute atomic E-state index is 13.6. The lowest BCUT2D eigenvalue weighted by Gasteiger charge is -2.15. The molecule has 3 aromatic rings. The van der Waals surface area contributed by atoms with Crippen LogP contribution in [-0.4, -0.2) is 17.9 Å². The van der Waals surface area contributed by atoms with E-state index in [0.29, 0.717) is 5.56 Å². The first-order valence-electron chi connectivity index (χ1n) is 9.21. The summed E-state index contributed by atoms with van der Waals surface area (Å²) in [5.41, 5.74) is 6.58. The van der Waals surface area contributed by atoms with Gasteiger partial charge in [-0.2, -0.15) is 0 Å². The van der Waals surface area contributed by atoms with Crippen molar-refractivity contribution in [2.75, 3.05) is 0 Å². The maximum atomic E-state index is 13.6. The number of hydrogen-bond acceptors (Lipinski definition) is 3. The summed E-state index contributed by atoms with van der Waals surface area (Å²) >= 11 is 0. The molecule has 6 heteroatoms. The van der Waals surface area contributed by atoms with Crippen molar-refractivity contribution in [3.05, 3.63) is 101 Å². The molecule has 2 N–H and O–H groups in total. The fraction of sp³-hybridized carbons (Fsp3) is 0.0833. The molecule has 0 aliphatic carbocycles. The molecule has 0 heterocycles. The number of carbonyl (C=O) groups excluding carboxylic acids is 2. The monoisotopic (exact) mass is 402 g/mol. The van der Waals surface area contributed by atoms with Gasteiger partial charge >= 0.3 is 0 Å². The Morgan fingerprint density at radius 2 is 1.43 bits per heavy atom. The highest BCUT2D eigenvalue weighted by atomic mass is 19.1. The standard InChI is InChI=1S/C24H19FN2O3/c1-17(30-22-10-6-5-9-21(22)25)23(28)26-27-24(29)20-15-13-19(14-16-20)12-11-18-7-3-2-4-8-18/h2-10,13-17H,1H3,(H,26,28)(H,27,29). The zero-order chi connectivity index (χ0) is 21.3. The number of hydrazine groups is 1. The van der Waals surface area contributed by atoms with Gasteiger partial charge in [0.25, 0.3) is 11.8 Å². The minimum absolute atomic E-state index is 0.0429. The van der Waals surface area contributed by atoms with Crippen LogP contribution in [0.5, 0.6) is 5.75 Å². The molecular weight excluding hydrogens is 383 g/mol.